The molecule has 0 saturated heterocycles. The molecule has 0 aliphatic carbocycles. The normalized spacial score (nSPS) is 10.2. The number of pyridine rings is 2. The molecule has 0 spiro atoms. The fraction of sp³-hybridized carbons (Fsp3) is 0.231. The Bertz CT molecular complexity index is 462. The molecule has 4 heteroatoms. The summed E-state index contributed by atoms with van der Waals surface area (Å²) in [5.74, 6) is 1.01. The first-order chi connectivity index (χ1) is 8.38. The Morgan fingerprint density at radius 1 is 1.06 bits per heavy atom. The summed E-state index contributed by atoms with van der Waals surface area (Å²) in [6.07, 6.45) is 2.55. The molecule has 0 unspecified atom stereocenters. The maximum Gasteiger partial charge on any atom is 0.213 e. The van der Waals surface area contributed by atoms with Crippen LogP contribution >= 0.6 is 11.6 Å². The van der Waals surface area contributed by atoms with Gasteiger partial charge in [-0.2, -0.15) is 0 Å². The van der Waals surface area contributed by atoms with E-state index in [1.54, 1.807) is 6.20 Å². The largest absolute Gasteiger partial charge is 0.477 e. The van der Waals surface area contributed by atoms with Crippen LogP contribution in [0.4, 0.5) is 0 Å². The molecule has 0 aromatic carbocycles. The van der Waals surface area contributed by atoms with Crippen molar-refractivity contribution in [3.05, 3.63) is 54.0 Å². The van der Waals surface area contributed by atoms with Gasteiger partial charge in [-0.15, -0.1) is 11.6 Å². The Morgan fingerprint density at radius 2 is 1.94 bits per heavy atom. The molecule has 0 amide bonds. The summed E-state index contributed by atoms with van der Waals surface area (Å²) in [7, 11) is 0. The van der Waals surface area contributed by atoms with Gasteiger partial charge in [0, 0.05) is 24.4 Å². The van der Waals surface area contributed by atoms with E-state index in [1.807, 2.05) is 36.4 Å². The van der Waals surface area contributed by atoms with E-state index in [-0.39, 0.29) is 0 Å². The van der Waals surface area contributed by atoms with Crippen LogP contribution in [0.25, 0.3) is 0 Å². The number of nitrogens with zero attached hydrogens (tertiary/aromatic N) is 2. The number of halogens is 1. The van der Waals surface area contributed by atoms with Crippen molar-refractivity contribution in [2.75, 3.05) is 6.61 Å². The lowest BCUT2D eigenvalue weighted by Gasteiger charge is -2.05. The van der Waals surface area contributed by atoms with E-state index in [1.165, 1.54) is 0 Å². The number of alkyl halides is 1. The molecule has 0 radical (unpaired) electrons. The molecule has 0 aliphatic rings. The fourth-order valence-corrected chi connectivity index (χ4v) is 1.57. The van der Waals surface area contributed by atoms with Crippen LogP contribution < -0.4 is 4.74 Å². The van der Waals surface area contributed by atoms with Crippen molar-refractivity contribution in [3.63, 3.8) is 0 Å². The summed E-state index contributed by atoms with van der Waals surface area (Å²) in [4.78, 5) is 8.47. The van der Waals surface area contributed by atoms with Gasteiger partial charge in [-0.25, -0.2) is 4.98 Å². The van der Waals surface area contributed by atoms with Gasteiger partial charge in [0.15, 0.2) is 0 Å². The quantitative estimate of drug-likeness (QED) is 0.764. The van der Waals surface area contributed by atoms with E-state index in [4.69, 9.17) is 16.3 Å². The van der Waals surface area contributed by atoms with Crippen molar-refractivity contribution < 1.29 is 4.74 Å². The Hall–Kier alpha value is -1.61. The van der Waals surface area contributed by atoms with E-state index < -0.39 is 0 Å². The summed E-state index contributed by atoms with van der Waals surface area (Å²) in [6, 6.07) is 11.4. The lowest BCUT2D eigenvalue weighted by molar-refractivity contribution is 0.307. The maximum absolute atomic E-state index is 5.70. The van der Waals surface area contributed by atoms with Gasteiger partial charge in [0.05, 0.1) is 18.2 Å². The molecule has 0 saturated carbocycles. The minimum atomic E-state index is 0.400. The number of aromatic nitrogens is 2. The van der Waals surface area contributed by atoms with E-state index >= 15 is 0 Å². The molecular formula is C13H13ClN2O. The third-order valence-corrected chi connectivity index (χ3v) is 2.53. The lowest BCUT2D eigenvalue weighted by atomic mass is 10.3. The van der Waals surface area contributed by atoms with Crippen LogP contribution in [0.3, 0.4) is 0 Å². The van der Waals surface area contributed by atoms with Gasteiger partial charge < -0.3 is 4.74 Å². The molecule has 2 rings (SSSR count). The Kier molecular flexibility index (Phi) is 4.33. The van der Waals surface area contributed by atoms with Crippen LogP contribution in [0.15, 0.2) is 42.6 Å². The second kappa shape index (κ2) is 6.21. The zero-order chi connectivity index (χ0) is 11.9. The molecule has 2 heterocycles. The molecule has 17 heavy (non-hydrogen) atoms. The second-order valence-electron chi connectivity index (χ2n) is 3.52. The molecule has 88 valence electrons. The van der Waals surface area contributed by atoms with Crippen molar-refractivity contribution >= 4 is 11.6 Å². The van der Waals surface area contributed by atoms with Gasteiger partial charge in [0.2, 0.25) is 5.88 Å². The summed E-state index contributed by atoms with van der Waals surface area (Å²) < 4.78 is 5.54. The smallest absolute Gasteiger partial charge is 0.213 e. The summed E-state index contributed by atoms with van der Waals surface area (Å²) >= 11 is 5.70. The van der Waals surface area contributed by atoms with Gasteiger partial charge in [-0.3, -0.25) is 4.98 Å². The Balaban J connectivity index is 1.86. The first-order valence-electron chi connectivity index (χ1n) is 5.43. The SMILES string of the molecule is ClCc1cccc(OCCc2ccccn2)n1. The number of rotatable bonds is 5. The number of hydrogen-bond donors (Lipinski definition) is 0. The molecule has 2 aromatic heterocycles. The third kappa shape index (κ3) is 3.71. The van der Waals surface area contributed by atoms with E-state index in [0.29, 0.717) is 18.4 Å². The molecule has 3 nitrogen and oxygen atoms in total. The number of hydrogen-bond acceptors (Lipinski definition) is 3. The van der Waals surface area contributed by atoms with Gasteiger partial charge in [-0.05, 0) is 18.2 Å². The van der Waals surface area contributed by atoms with Crippen LogP contribution in [0.2, 0.25) is 0 Å². The predicted molar refractivity (Wildman–Crippen MR) is 67.2 cm³/mol. The molecule has 0 N–H and O–H groups in total. The van der Waals surface area contributed by atoms with Gasteiger partial charge in [0.1, 0.15) is 0 Å². The van der Waals surface area contributed by atoms with Crippen molar-refractivity contribution in [3.8, 4) is 5.88 Å². The molecule has 0 atom stereocenters. The summed E-state index contributed by atoms with van der Waals surface area (Å²) in [5.41, 5.74) is 1.84. The third-order valence-electron chi connectivity index (χ3n) is 2.25. The monoisotopic (exact) mass is 248 g/mol. The average Bonchev–Trinajstić information content (AvgIpc) is 2.40. The minimum absolute atomic E-state index is 0.400. The Morgan fingerprint density at radius 3 is 2.71 bits per heavy atom. The highest BCUT2D eigenvalue weighted by Gasteiger charge is 1.98. The Labute approximate surface area is 105 Å². The zero-order valence-electron chi connectivity index (χ0n) is 9.34. The van der Waals surface area contributed by atoms with Crippen LogP contribution in [-0.4, -0.2) is 16.6 Å². The van der Waals surface area contributed by atoms with E-state index in [0.717, 1.165) is 17.8 Å². The van der Waals surface area contributed by atoms with E-state index in [9.17, 15) is 0 Å². The molecule has 0 fully saturated rings. The van der Waals surface area contributed by atoms with Crippen molar-refractivity contribution in [1.82, 2.24) is 9.97 Å². The van der Waals surface area contributed by atoms with Gasteiger partial charge in [0.25, 0.3) is 0 Å². The summed E-state index contributed by atoms with van der Waals surface area (Å²) in [6.45, 7) is 0.565. The first-order valence-corrected chi connectivity index (χ1v) is 5.96. The maximum atomic E-state index is 5.70. The molecule has 0 bridgehead atoms. The number of ether oxygens (including phenoxy) is 1. The van der Waals surface area contributed by atoms with Crippen LogP contribution in [-0.2, 0) is 12.3 Å². The van der Waals surface area contributed by atoms with Gasteiger partial charge in [-0.1, -0.05) is 12.1 Å². The predicted octanol–water partition coefficient (Wildman–Crippen LogP) is 2.84. The highest BCUT2D eigenvalue weighted by Crippen LogP contribution is 2.09. The highest BCUT2D eigenvalue weighted by atomic mass is 35.5. The van der Waals surface area contributed by atoms with Crippen LogP contribution in [0, 0.1) is 0 Å². The first kappa shape index (κ1) is 11.9. The van der Waals surface area contributed by atoms with Gasteiger partial charge >= 0.3 is 0 Å². The fourth-order valence-electron chi connectivity index (χ4n) is 1.42. The lowest BCUT2D eigenvalue weighted by Crippen LogP contribution is -2.04. The second-order valence-corrected chi connectivity index (χ2v) is 3.79. The topological polar surface area (TPSA) is 35.0 Å². The van der Waals surface area contributed by atoms with E-state index in [2.05, 4.69) is 9.97 Å². The molecular weight excluding hydrogens is 236 g/mol. The average molecular weight is 249 g/mol. The minimum Gasteiger partial charge on any atom is -0.477 e. The molecule has 0 aliphatic heterocycles. The van der Waals surface area contributed by atoms with Crippen molar-refractivity contribution in [1.29, 1.82) is 0 Å². The molecule has 2 aromatic rings. The van der Waals surface area contributed by atoms with Crippen LogP contribution in [0.1, 0.15) is 11.4 Å². The zero-order valence-corrected chi connectivity index (χ0v) is 10.1. The van der Waals surface area contributed by atoms with Crippen molar-refractivity contribution in [2.45, 2.75) is 12.3 Å². The summed E-state index contributed by atoms with van der Waals surface area (Å²) in [5, 5.41) is 0. The standard InChI is InChI=1S/C13H13ClN2O/c14-10-12-5-3-6-13(16-12)17-9-7-11-4-1-2-8-15-11/h1-6,8H,7,9-10H2. The van der Waals surface area contributed by atoms with Crippen LogP contribution in [0.5, 0.6) is 5.88 Å². The van der Waals surface area contributed by atoms with Crippen molar-refractivity contribution in [2.24, 2.45) is 0 Å². The highest BCUT2D eigenvalue weighted by molar-refractivity contribution is 6.16.